The second-order valence-electron chi connectivity index (χ2n) is 3.63. The molecule has 1 nitrogen and oxygen atoms in total. The molecule has 54 valence electrons. The van der Waals surface area contributed by atoms with Crippen molar-refractivity contribution in [2.24, 2.45) is 17.6 Å². The standard InChI is InChI=1S/C8H17N/c1-6(2)5-7-3-4-8(7)9/h6-8H,3-5,9H2,1-2H3. The average molecular weight is 127 g/mol. The zero-order valence-electron chi connectivity index (χ0n) is 6.43. The summed E-state index contributed by atoms with van der Waals surface area (Å²) < 4.78 is 0. The molecule has 1 saturated carbocycles. The summed E-state index contributed by atoms with van der Waals surface area (Å²) in [6.07, 6.45) is 3.97. The van der Waals surface area contributed by atoms with Crippen molar-refractivity contribution < 1.29 is 0 Å². The van der Waals surface area contributed by atoms with E-state index in [4.69, 9.17) is 5.73 Å². The third kappa shape index (κ3) is 1.68. The fourth-order valence-electron chi connectivity index (χ4n) is 1.49. The highest BCUT2D eigenvalue weighted by Crippen LogP contribution is 2.30. The Morgan fingerprint density at radius 1 is 1.44 bits per heavy atom. The summed E-state index contributed by atoms with van der Waals surface area (Å²) in [7, 11) is 0. The molecule has 1 heteroatoms. The van der Waals surface area contributed by atoms with Crippen LogP contribution < -0.4 is 5.73 Å². The topological polar surface area (TPSA) is 26.0 Å². The molecule has 2 atom stereocenters. The molecule has 1 aliphatic carbocycles. The summed E-state index contributed by atoms with van der Waals surface area (Å²) in [6.45, 7) is 4.54. The molecule has 1 fully saturated rings. The fourth-order valence-corrected chi connectivity index (χ4v) is 1.49. The van der Waals surface area contributed by atoms with Crippen LogP contribution in [0.25, 0.3) is 0 Å². The summed E-state index contributed by atoms with van der Waals surface area (Å²) in [5.41, 5.74) is 5.77. The van der Waals surface area contributed by atoms with Crippen LogP contribution >= 0.6 is 0 Å². The first-order valence-electron chi connectivity index (χ1n) is 3.95. The summed E-state index contributed by atoms with van der Waals surface area (Å²) in [5, 5.41) is 0. The number of rotatable bonds is 2. The molecule has 0 saturated heterocycles. The minimum absolute atomic E-state index is 0.535. The minimum Gasteiger partial charge on any atom is -0.327 e. The Hall–Kier alpha value is -0.0400. The molecular formula is C8H17N. The molecule has 1 aliphatic rings. The highest BCUT2D eigenvalue weighted by molar-refractivity contribution is 4.83. The van der Waals surface area contributed by atoms with E-state index in [1.807, 2.05) is 0 Å². The van der Waals surface area contributed by atoms with Crippen LogP contribution in [0.4, 0.5) is 0 Å². The summed E-state index contributed by atoms with van der Waals surface area (Å²) in [4.78, 5) is 0. The molecule has 0 heterocycles. The number of hydrogen-bond acceptors (Lipinski definition) is 1. The van der Waals surface area contributed by atoms with Gasteiger partial charge in [0.25, 0.3) is 0 Å². The molecule has 2 N–H and O–H groups in total. The van der Waals surface area contributed by atoms with Crippen molar-refractivity contribution in [3.05, 3.63) is 0 Å². The lowest BCUT2D eigenvalue weighted by Crippen LogP contribution is -2.39. The van der Waals surface area contributed by atoms with Gasteiger partial charge in [0.05, 0.1) is 0 Å². The SMILES string of the molecule is CC(C)CC1CCC1N. The lowest BCUT2D eigenvalue weighted by Gasteiger charge is -2.34. The van der Waals surface area contributed by atoms with Gasteiger partial charge >= 0.3 is 0 Å². The minimum atomic E-state index is 0.535. The van der Waals surface area contributed by atoms with Crippen LogP contribution in [0.1, 0.15) is 33.1 Å². The molecule has 0 aromatic rings. The van der Waals surface area contributed by atoms with Gasteiger partial charge in [0, 0.05) is 6.04 Å². The highest BCUT2D eigenvalue weighted by Gasteiger charge is 2.27. The van der Waals surface area contributed by atoms with E-state index in [0.717, 1.165) is 11.8 Å². The van der Waals surface area contributed by atoms with Gasteiger partial charge in [0.15, 0.2) is 0 Å². The summed E-state index contributed by atoms with van der Waals surface area (Å²) in [6, 6.07) is 0.535. The van der Waals surface area contributed by atoms with Gasteiger partial charge in [-0.1, -0.05) is 13.8 Å². The summed E-state index contributed by atoms with van der Waals surface area (Å²) in [5.74, 6) is 1.69. The first-order chi connectivity index (χ1) is 4.20. The van der Waals surface area contributed by atoms with E-state index in [1.165, 1.54) is 19.3 Å². The predicted octanol–water partition coefficient (Wildman–Crippen LogP) is 1.77. The van der Waals surface area contributed by atoms with Gasteiger partial charge in [-0.05, 0) is 31.1 Å². The van der Waals surface area contributed by atoms with Gasteiger partial charge < -0.3 is 5.73 Å². The molecule has 0 aromatic carbocycles. The Labute approximate surface area is 57.6 Å². The monoisotopic (exact) mass is 127 g/mol. The molecule has 2 unspecified atom stereocenters. The van der Waals surface area contributed by atoms with Gasteiger partial charge in [0.2, 0.25) is 0 Å². The summed E-state index contributed by atoms with van der Waals surface area (Å²) >= 11 is 0. The van der Waals surface area contributed by atoms with E-state index in [0.29, 0.717) is 6.04 Å². The Morgan fingerprint density at radius 2 is 2.11 bits per heavy atom. The molecule has 0 aliphatic heterocycles. The maximum absolute atomic E-state index is 5.77. The third-order valence-corrected chi connectivity index (χ3v) is 2.25. The number of nitrogens with two attached hydrogens (primary N) is 1. The second kappa shape index (κ2) is 2.70. The second-order valence-corrected chi connectivity index (χ2v) is 3.63. The molecule has 0 aromatic heterocycles. The molecule has 0 amide bonds. The van der Waals surface area contributed by atoms with Gasteiger partial charge in [-0.15, -0.1) is 0 Å². The van der Waals surface area contributed by atoms with Crippen LogP contribution in [0.3, 0.4) is 0 Å². The molecule has 0 bridgehead atoms. The van der Waals surface area contributed by atoms with Crippen LogP contribution in [0.2, 0.25) is 0 Å². The van der Waals surface area contributed by atoms with E-state index in [1.54, 1.807) is 0 Å². The normalized spacial score (nSPS) is 34.7. The zero-order valence-corrected chi connectivity index (χ0v) is 6.43. The van der Waals surface area contributed by atoms with Gasteiger partial charge in [-0.3, -0.25) is 0 Å². The zero-order chi connectivity index (χ0) is 6.85. The molecule has 9 heavy (non-hydrogen) atoms. The Balaban J connectivity index is 2.13. The van der Waals surface area contributed by atoms with E-state index < -0.39 is 0 Å². The van der Waals surface area contributed by atoms with Crippen LogP contribution in [0.5, 0.6) is 0 Å². The maximum Gasteiger partial charge on any atom is 0.00673 e. The fraction of sp³-hybridized carbons (Fsp3) is 1.00. The molecule has 0 spiro atoms. The van der Waals surface area contributed by atoms with Gasteiger partial charge in [-0.2, -0.15) is 0 Å². The van der Waals surface area contributed by atoms with Crippen molar-refractivity contribution in [1.29, 1.82) is 0 Å². The molecular weight excluding hydrogens is 110 g/mol. The number of hydrogen-bond donors (Lipinski definition) is 1. The first-order valence-corrected chi connectivity index (χ1v) is 3.95. The lowest BCUT2D eigenvalue weighted by atomic mass is 9.75. The van der Waals surface area contributed by atoms with Gasteiger partial charge in [-0.25, -0.2) is 0 Å². The van der Waals surface area contributed by atoms with Crippen molar-refractivity contribution in [1.82, 2.24) is 0 Å². The van der Waals surface area contributed by atoms with Crippen LogP contribution in [-0.4, -0.2) is 6.04 Å². The van der Waals surface area contributed by atoms with Crippen molar-refractivity contribution in [2.45, 2.75) is 39.2 Å². The van der Waals surface area contributed by atoms with Crippen LogP contribution in [0.15, 0.2) is 0 Å². The van der Waals surface area contributed by atoms with E-state index >= 15 is 0 Å². The quantitative estimate of drug-likeness (QED) is 0.601. The first kappa shape index (κ1) is 7.07. The predicted molar refractivity (Wildman–Crippen MR) is 40.2 cm³/mol. The van der Waals surface area contributed by atoms with Crippen molar-refractivity contribution >= 4 is 0 Å². The van der Waals surface area contributed by atoms with Gasteiger partial charge in [0.1, 0.15) is 0 Å². The van der Waals surface area contributed by atoms with E-state index in [-0.39, 0.29) is 0 Å². The lowest BCUT2D eigenvalue weighted by molar-refractivity contribution is 0.217. The average Bonchev–Trinajstić information content (AvgIpc) is 1.79. The largest absolute Gasteiger partial charge is 0.327 e. The van der Waals surface area contributed by atoms with Crippen LogP contribution in [0, 0.1) is 11.8 Å². The smallest absolute Gasteiger partial charge is 0.00673 e. The third-order valence-electron chi connectivity index (χ3n) is 2.25. The van der Waals surface area contributed by atoms with Crippen molar-refractivity contribution in [2.75, 3.05) is 0 Å². The Bertz CT molecular complexity index is 88.6. The van der Waals surface area contributed by atoms with Crippen molar-refractivity contribution in [3.8, 4) is 0 Å². The van der Waals surface area contributed by atoms with E-state index in [2.05, 4.69) is 13.8 Å². The maximum atomic E-state index is 5.77. The highest BCUT2D eigenvalue weighted by atomic mass is 14.7. The Kier molecular flexibility index (Phi) is 2.12. The van der Waals surface area contributed by atoms with E-state index in [9.17, 15) is 0 Å². The molecule has 1 rings (SSSR count). The van der Waals surface area contributed by atoms with Crippen molar-refractivity contribution in [3.63, 3.8) is 0 Å². The van der Waals surface area contributed by atoms with Crippen LogP contribution in [-0.2, 0) is 0 Å². The molecule has 0 radical (unpaired) electrons. The Morgan fingerprint density at radius 3 is 2.22 bits per heavy atom.